The zero-order chi connectivity index (χ0) is 18.0. The van der Waals surface area contributed by atoms with Crippen molar-refractivity contribution in [2.45, 2.75) is 6.54 Å². The molecule has 0 fully saturated rings. The van der Waals surface area contributed by atoms with Crippen molar-refractivity contribution in [1.82, 2.24) is 15.1 Å². The number of hydrazone groups is 1. The van der Waals surface area contributed by atoms with Gasteiger partial charge in [-0.25, -0.2) is 0 Å². The van der Waals surface area contributed by atoms with Gasteiger partial charge in [0, 0.05) is 0 Å². The van der Waals surface area contributed by atoms with Crippen molar-refractivity contribution in [2.75, 3.05) is 7.11 Å². The highest BCUT2D eigenvalue weighted by molar-refractivity contribution is 7.80. The summed E-state index contributed by atoms with van der Waals surface area (Å²) in [7, 11) is 1.48. The third-order valence-corrected chi connectivity index (χ3v) is 3.79. The van der Waals surface area contributed by atoms with E-state index in [9.17, 15) is 9.59 Å². The number of amides is 2. The number of aromatic nitrogens is 1. The predicted molar refractivity (Wildman–Crippen MR) is 95.1 cm³/mol. The van der Waals surface area contributed by atoms with Gasteiger partial charge in [-0.1, -0.05) is 12.1 Å². The average Bonchev–Trinajstić information content (AvgIpc) is 3.09. The van der Waals surface area contributed by atoms with Gasteiger partial charge < -0.3 is 10.6 Å². The number of thiocarbonyl (C=S) groups is 1. The first-order valence-corrected chi connectivity index (χ1v) is 7.72. The number of carbonyl (C=O) groups excluding carboxylic acids is 2. The van der Waals surface area contributed by atoms with Gasteiger partial charge in [-0.3, -0.25) is 19.9 Å². The minimum atomic E-state index is -0.324. The first kappa shape index (κ1) is 16.7. The van der Waals surface area contributed by atoms with Gasteiger partial charge in [0.1, 0.15) is 7.11 Å². The topological polar surface area (TPSA) is 102 Å². The molecule has 3 N–H and O–H groups in total. The summed E-state index contributed by atoms with van der Waals surface area (Å²) in [5, 5.41) is 3.91. The predicted octanol–water partition coefficient (Wildman–Crippen LogP) is 0.510. The van der Waals surface area contributed by atoms with Gasteiger partial charge >= 0.3 is 0 Å². The molecule has 0 saturated carbocycles. The molecular weight excluding hydrogens is 342 g/mol. The second-order valence-electron chi connectivity index (χ2n) is 5.20. The van der Waals surface area contributed by atoms with Crippen LogP contribution in [0.5, 0.6) is 0 Å². The van der Waals surface area contributed by atoms with Crippen LogP contribution in [0, 0.1) is 0 Å². The number of fused-ring (bicyclic) bond motifs is 1. The Balaban J connectivity index is 1.84. The van der Waals surface area contributed by atoms with E-state index in [1.807, 2.05) is 0 Å². The number of hydrogen-bond acceptors (Lipinski definition) is 5. The van der Waals surface area contributed by atoms with Crippen LogP contribution < -0.4 is 16.0 Å². The second kappa shape index (κ2) is 6.73. The van der Waals surface area contributed by atoms with Crippen molar-refractivity contribution >= 4 is 35.4 Å². The lowest BCUT2D eigenvalue weighted by Gasteiger charge is -2.15. The molecule has 25 heavy (non-hydrogen) atoms. The van der Waals surface area contributed by atoms with E-state index in [0.29, 0.717) is 22.5 Å². The maximum atomic E-state index is 12.5. The lowest BCUT2D eigenvalue weighted by atomic mass is 10.1. The number of nitrogens with one attached hydrogen (secondary N) is 1. The normalized spacial score (nSPS) is 13.4. The van der Waals surface area contributed by atoms with Gasteiger partial charge in [0.05, 0.1) is 35.3 Å². The fraction of sp³-hybridized carbons (Fsp3) is 0.125. The summed E-state index contributed by atoms with van der Waals surface area (Å²) >= 11 is 4.67. The number of nitrogens with two attached hydrogens (primary N) is 1. The van der Waals surface area contributed by atoms with Crippen LogP contribution in [0.3, 0.4) is 0 Å². The third kappa shape index (κ3) is 3.09. The number of benzene rings is 1. The molecule has 0 unspecified atom stereocenters. The van der Waals surface area contributed by atoms with Gasteiger partial charge in [0.2, 0.25) is 0 Å². The smallest absolute Gasteiger partial charge is 0.261 e. The molecule has 1 aromatic carbocycles. The van der Waals surface area contributed by atoms with Crippen molar-refractivity contribution in [3.05, 3.63) is 58.9 Å². The van der Waals surface area contributed by atoms with Crippen LogP contribution in [-0.2, 0) is 6.54 Å². The van der Waals surface area contributed by atoms with Gasteiger partial charge in [-0.2, -0.15) is 9.83 Å². The second-order valence-corrected chi connectivity index (χ2v) is 5.64. The Morgan fingerprint density at radius 2 is 1.88 bits per heavy atom. The molecule has 1 aliphatic heterocycles. The van der Waals surface area contributed by atoms with Crippen molar-refractivity contribution in [3.8, 4) is 0 Å². The number of carbonyl (C=O) groups is 2. The van der Waals surface area contributed by atoms with Crippen LogP contribution >= 0.6 is 12.2 Å². The number of hydrogen-bond donors (Lipinski definition) is 2. The Hall–Kier alpha value is -3.20. The largest absolute Gasteiger partial charge is 0.417 e. The van der Waals surface area contributed by atoms with E-state index in [2.05, 4.69) is 22.7 Å². The van der Waals surface area contributed by atoms with Crippen LogP contribution in [0.2, 0.25) is 0 Å². The molecule has 1 aliphatic rings. The Labute approximate surface area is 148 Å². The highest BCUT2D eigenvalue weighted by Crippen LogP contribution is 2.24. The van der Waals surface area contributed by atoms with E-state index in [-0.39, 0.29) is 23.5 Å². The summed E-state index contributed by atoms with van der Waals surface area (Å²) in [6, 6.07) is 10.2. The Morgan fingerprint density at radius 1 is 1.24 bits per heavy atom. The summed E-state index contributed by atoms with van der Waals surface area (Å²) in [6.07, 6.45) is 1.47. The summed E-state index contributed by atoms with van der Waals surface area (Å²) in [6.45, 7) is 0.0801. The molecule has 3 rings (SSSR count). The lowest BCUT2D eigenvalue weighted by Crippen LogP contribution is -2.31. The summed E-state index contributed by atoms with van der Waals surface area (Å²) in [5.74, 6) is -0.648. The maximum Gasteiger partial charge on any atom is 0.261 e. The maximum absolute atomic E-state index is 12.5. The molecule has 8 nitrogen and oxygen atoms in total. The highest BCUT2D eigenvalue weighted by Gasteiger charge is 2.35. The van der Waals surface area contributed by atoms with Gasteiger partial charge in [-0.05, 0) is 36.5 Å². The molecule has 2 amide bonds. The summed E-state index contributed by atoms with van der Waals surface area (Å²) in [4.78, 5) is 31.4. The molecule has 2 aromatic rings. The molecule has 0 aliphatic carbocycles. The summed E-state index contributed by atoms with van der Waals surface area (Å²) < 4.78 is 1.47. The van der Waals surface area contributed by atoms with Gasteiger partial charge in [0.25, 0.3) is 11.8 Å². The molecule has 2 heterocycles. The molecular formula is C16H15N5O3S. The van der Waals surface area contributed by atoms with Crippen LogP contribution in [0.15, 0.2) is 41.5 Å². The third-order valence-electron chi connectivity index (χ3n) is 3.69. The van der Waals surface area contributed by atoms with Crippen molar-refractivity contribution < 1.29 is 14.4 Å². The molecule has 9 heteroatoms. The van der Waals surface area contributed by atoms with E-state index in [4.69, 9.17) is 10.6 Å². The number of imide groups is 1. The minimum absolute atomic E-state index is 0.0398. The first-order valence-electron chi connectivity index (χ1n) is 7.31. The standard InChI is InChI=1S/C16H15N5O3S/c1-24-21-10(8-18-19-16(17)25)6-7-11(21)9-20-14(22)12-4-2-3-5-13(12)15(20)23/h2-8H,9H2,1H3,(H3,17,19,25)/b18-8+. The Bertz CT molecular complexity index is 855. The van der Waals surface area contributed by atoms with E-state index < -0.39 is 0 Å². The quantitative estimate of drug-likeness (QED) is 0.350. The number of rotatable bonds is 5. The molecule has 0 radical (unpaired) electrons. The van der Waals surface area contributed by atoms with Gasteiger partial charge in [0.15, 0.2) is 5.11 Å². The zero-order valence-corrected chi connectivity index (χ0v) is 14.1. The Kier molecular flexibility index (Phi) is 4.48. The fourth-order valence-corrected chi connectivity index (χ4v) is 2.68. The monoisotopic (exact) mass is 357 g/mol. The minimum Gasteiger partial charge on any atom is -0.417 e. The Morgan fingerprint density at radius 3 is 2.44 bits per heavy atom. The van der Waals surface area contributed by atoms with Gasteiger partial charge in [-0.15, -0.1) is 0 Å². The molecule has 128 valence electrons. The van der Waals surface area contributed by atoms with Crippen molar-refractivity contribution in [3.63, 3.8) is 0 Å². The molecule has 0 saturated heterocycles. The van der Waals surface area contributed by atoms with E-state index in [0.717, 1.165) is 0 Å². The lowest BCUT2D eigenvalue weighted by molar-refractivity contribution is 0.0624. The molecule has 0 spiro atoms. The van der Waals surface area contributed by atoms with E-state index >= 15 is 0 Å². The van der Waals surface area contributed by atoms with E-state index in [1.165, 1.54) is 23.0 Å². The fourth-order valence-electron chi connectivity index (χ4n) is 2.62. The molecule has 0 bridgehead atoms. The van der Waals surface area contributed by atoms with Crippen LogP contribution in [0.25, 0.3) is 0 Å². The SMILES string of the molecule is COn1c(/C=N/NC(N)=S)ccc1CN1C(=O)c2ccccc2C1=O. The van der Waals surface area contributed by atoms with Crippen LogP contribution in [0.4, 0.5) is 0 Å². The average molecular weight is 357 g/mol. The zero-order valence-electron chi connectivity index (χ0n) is 13.3. The van der Waals surface area contributed by atoms with Crippen LogP contribution in [0.1, 0.15) is 32.1 Å². The first-order chi connectivity index (χ1) is 12.0. The number of nitrogens with zero attached hydrogens (tertiary/aromatic N) is 3. The van der Waals surface area contributed by atoms with Crippen LogP contribution in [-0.4, -0.2) is 39.9 Å². The summed E-state index contributed by atoms with van der Waals surface area (Å²) in [5.41, 5.74) is 9.78. The molecule has 1 aromatic heterocycles. The van der Waals surface area contributed by atoms with Crippen molar-refractivity contribution in [2.24, 2.45) is 10.8 Å². The van der Waals surface area contributed by atoms with Crippen molar-refractivity contribution in [1.29, 1.82) is 0 Å². The van der Waals surface area contributed by atoms with E-state index in [1.54, 1.807) is 36.4 Å². The highest BCUT2D eigenvalue weighted by atomic mass is 32.1. The molecule has 0 atom stereocenters.